The fourth-order valence-corrected chi connectivity index (χ4v) is 3.69. The monoisotopic (exact) mass is 594 g/mol. The van der Waals surface area contributed by atoms with Crippen molar-refractivity contribution in [3.05, 3.63) is 108 Å². The molecule has 1 aliphatic rings. The number of carboxylic acids is 1. The largest absolute Gasteiger partial charge is 0.477 e. The molecule has 1 radical (unpaired) electrons. The van der Waals surface area contributed by atoms with E-state index in [4.69, 9.17) is 10.1 Å². The molecule has 0 saturated carbocycles. The second-order valence-electron chi connectivity index (χ2n) is 7.15. The van der Waals surface area contributed by atoms with Gasteiger partial charge in [0.15, 0.2) is 0 Å². The summed E-state index contributed by atoms with van der Waals surface area (Å²) in [6.07, 6.45) is 5.78. The summed E-state index contributed by atoms with van der Waals surface area (Å²) in [5.74, 6) is -0.990. The van der Waals surface area contributed by atoms with E-state index in [1.165, 1.54) is 34.2 Å². The molecule has 0 amide bonds. The third-order valence-electron chi connectivity index (χ3n) is 5.16. The molecule has 32 heavy (non-hydrogen) atoms. The topological polar surface area (TPSA) is 63.1 Å². The van der Waals surface area contributed by atoms with Gasteiger partial charge in [0.05, 0.1) is 5.52 Å². The number of carbonyl (C=O) groups is 1. The number of fused-ring (bicyclic) bond motifs is 1. The van der Waals surface area contributed by atoms with Crippen LogP contribution in [0.1, 0.15) is 21.6 Å². The Kier molecular flexibility index (Phi) is 6.22. The van der Waals surface area contributed by atoms with Crippen molar-refractivity contribution in [2.24, 2.45) is 0 Å². The molecule has 1 N–H and O–H groups in total. The molecule has 0 atom stereocenters. The van der Waals surface area contributed by atoms with E-state index in [1.807, 2.05) is 6.07 Å². The first-order valence-electron chi connectivity index (χ1n) is 9.87. The van der Waals surface area contributed by atoms with Crippen LogP contribution in [0, 0.1) is 6.07 Å². The molecule has 4 nitrogen and oxygen atoms in total. The molecule has 5 heteroatoms. The second kappa shape index (κ2) is 9.23. The molecular weight excluding hydrogens is 577 g/mol. The maximum Gasteiger partial charge on any atom is 0.354 e. The van der Waals surface area contributed by atoms with Gasteiger partial charge in [-0.25, -0.2) is 9.78 Å². The molecule has 0 unspecified atom stereocenters. The van der Waals surface area contributed by atoms with Gasteiger partial charge in [-0.15, -0.1) is 29.7 Å². The molecular formula is C27H17IrN2O2-. The molecule has 3 aromatic carbocycles. The van der Waals surface area contributed by atoms with Gasteiger partial charge in [-0.05, 0) is 29.3 Å². The normalized spacial score (nSPS) is 11.0. The molecule has 1 aliphatic carbocycles. The molecule has 6 rings (SSSR count). The smallest absolute Gasteiger partial charge is 0.354 e. The zero-order chi connectivity index (χ0) is 21.2. The Morgan fingerprint density at radius 2 is 1.66 bits per heavy atom. The number of rotatable bonds is 2. The van der Waals surface area contributed by atoms with Crippen molar-refractivity contribution in [1.29, 1.82) is 0 Å². The summed E-state index contributed by atoms with van der Waals surface area (Å²) >= 11 is 0. The van der Waals surface area contributed by atoms with Gasteiger partial charge in [0.1, 0.15) is 5.69 Å². The number of pyridine rings is 2. The third-order valence-corrected chi connectivity index (χ3v) is 5.16. The van der Waals surface area contributed by atoms with Crippen molar-refractivity contribution in [2.45, 2.75) is 0 Å². The Morgan fingerprint density at radius 3 is 2.44 bits per heavy atom. The number of benzene rings is 3. The standard InChI is InChI=1S/C21H12N.C6H5NO2.Ir/c1-2-5-16-12-17(10-8-14(16)4-1)20-13-18-11-9-15-6-3-7-19(22-20)21(15)18;8-6(9)5-3-1-2-4-7-5;/h1-11,13H;1-4H,(H,8,9);/q-1;;. The van der Waals surface area contributed by atoms with Crippen LogP contribution in [-0.2, 0) is 20.1 Å². The Bertz CT molecular complexity index is 1460. The minimum atomic E-state index is -0.990. The summed E-state index contributed by atoms with van der Waals surface area (Å²) in [5.41, 5.74) is 5.67. The van der Waals surface area contributed by atoms with Crippen molar-refractivity contribution in [3.8, 4) is 11.3 Å². The van der Waals surface area contributed by atoms with E-state index in [0.717, 1.165) is 22.2 Å². The van der Waals surface area contributed by atoms with Crippen molar-refractivity contribution >= 4 is 39.8 Å². The molecule has 0 aliphatic heterocycles. The van der Waals surface area contributed by atoms with Crippen LogP contribution >= 0.6 is 0 Å². The van der Waals surface area contributed by atoms with Crippen molar-refractivity contribution < 1.29 is 30.0 Å². The van der Waals surface area contributed by atoms with Gasteiger partial charge in [-0.2, -0.15) is 0 Å². The second-order valence-corrected chi connectivity index (χ2v) is 7.15. The van der Waals surface area contributed by atoms with Crippen LogP contribution in [-0.4, -0.2) is 21.0 Å². The molecule has 2 heterocycles. The minimum Gasteiger partial charge on any atom is -0.477 e. The average Bonchev–Trinajstić information content (AvgIpc) is 3.24. The predicted molar refractivity (Wildman–Crippen MR) is 124 cm³/mol. The molecule has 0 fully saturated rings. The summed E-state index contributed by atoms with van der Waals surface area (Å²) in [6.45, 7) is 0. The van der Waals surface area contributed by atoms with Crippen molar-refractivity contribution in [1.82, 2.24) is 9.97 Å². The summed E-state index contributed by atoms with van der Waals surface area (Å²) < 4.78 is 0. The van der Waals surface area contributed by atoms with Crippen molar-refractivity contribution in [3.63, 3.8) is 0 Å². The number of hydrogen-bond acceptors (Lipinski definition) is 3. The molecule has 2 aromatic heterocycles. The quantitative estimate of drug-likeness (QED) is 0.246. The summed E-state index contributed by atoms with van der Waals surface area (Å²) in [7, 11) is 0. The Balaban J connectivity index is 0.000000209. The van der Waals surface area contributed by atoms with Crippen LogP contribution in [0.4, 0.5) is 0 Å². The van der Waals surface area contributed by atoms with Crippen LogP contribution in [0.15, 0.2) is 85.1 Å². The van der Waals surface area contributed by atoms with E-state index >= 15 is 0 Å². The third kappa shape index (κ3) is 4.22. The van der Waals surface area contributed by atoms with Crippen molar-refractivity contribution in [2.75, 3.05) is 0 Å². The van der Waals surface area contributed by atoms with Gasteiger partial charge in [0, 0.05) is 37.4 Å². The van der Waals surface area contributed by atoms with E-state index < -0.39 is 5.97 Å². The zero-order valence-electron chi connectivity index (χ0n) is 16.8. The van der Waals surface area contributed by atoms with Gasteiger partial charge in [0.25, 0.3) is 0 Å². The number of aromatic nitrogens is 2. The molecule has 0 saturated heterocycles. The van der Waals surface area contributed by atoms with E-state index in [1.54, 1.807) is 12.1 Å². The van der Waals surface area contributed by atoms with Crippen LogP contribution < -0.4 is 0 Å². The van der Waals surface area contributed by atoms with Crippen LogP contribution in [0.25, 0.3) is 45.1 Å². The number of carboxylic acid groups (broad SMARTS) is 1. The minimum absolute atomic E-state index is 0. The number of hydrogen-bond donors (Lipinski definition) is 1. The van der Waals surface area contributed by atoms with E-state index in [0.29, 0.717) is 0 Å². The fourth-order valence-electron chi connectivity index (χ4n) is 3.69. The van der Waals surface area contributed by atoms with Gasteiger partial charge >= 0.3 is 5.97 Å². The first-order valence-corrected chi connectivity index (χ1v) is 9.87. The van der Waals surface area contributed by atoms with Crippen LogP contribution in [0.2, 0.25) is 0 Å². The molecule has 5 aromatic rings. The van der Waals surface area contributed by atoms with E-state index in [-0.39, 0.29) is 25.8 Å². The van der Waals surface area contributed by atoms with Gasteiger partial charge in [-0.1, -0.05) is 65.6 Å². The fraction of sp³-hybridized carbons (Fsp3) is 0. The summed E-state index contributed by atoms with van der Waals surface area (Å²) in [4.78, 5) is 18.6. The van der Waals surface area contributed by atoms with Gasteiger partial charge in [0.2, 0.25) is 0 Å². The predicted octanol–water partition coefficient (Wildman–Crippen LogP) is 6.12. The maximum absolute atomic E-state index is 10.1. The average molecular weight is 594 g/mol. The summed E-state index contributed by atoms with van der Waals surface area (Å²) in [5, 5.41) is 11.9. The summed E-state index contributed by atoms with van der Waals surface area (Å²) in [6, 6.07) is 29.2. The molecule has 0 spiro atoms. The first-order chi connectivity index (χ1) is 15.2. The zero-order valence-corrected chi connectivity index (χ0v) is 19.2. The Labute approximate surface area is 198 Å². The first kappa shape index (κ1) is 21.6. The van der Waals surface area contributed by atoms with Gasteiger partial charge < -0.3 is 5.11 Å². The molecule has 0 bridgehead atoms. The number of nitrogens with zero attached hydrogens (tertiary/aromatic N) is 2. The Hall–Kier alpha value is -3.66. The Morgan fingerprint density at radius 1 is 0.844 bits per heavy atom. The molecule has 157 valence electrons. The van der Waals surface area contributed by atoms with Crippen LogP contribution in [0.5, 0.6) is 0 Å². The SMILES string of the molecule is O=C(O)c1ccccn1.[Ir].[c-]1c(-c2cc3c4c(cccc4n2)C=C3)ccc2ccccc12. The van der Waals surface area contributed by atoms with E-state index in [2.05, 4.69) is 77.8 Å². The number of aromatic carboxylic acids is 1. The van der Waals surface area contributed by atoms with Crippen LogP contribution in [0.3, 0.4) is 0 Å². The van der Waals surface area contributed by atoms with E-state index in [9.17, 15) is 4.79 Å². The van der Waals surface area contributed by atoms with Gasteiger partial charge in [-0.3, -0.25) is 4.98 Å². The maximum atomic E-state index is 10.1.